The maximum Gasteiger partial charge on any atom is 0.0888 e. The predicted molar refractivity (Wildman–Crippen MR) is 133 cm³/mol. The summed E-state index contributed by atoms with van der Waals surface area (Å²) in [6.07, 6.45) is 0.905. The lowest BCUT2D eigenvalue weighted by molar-refractivity contribution is 0.0217. The van der Waals surface area contributed by atoms with Crippen molar-refractivity contribution in [3.05, 3.63) is 105 Å². The molecule has 8 bridgehead atoms. The molecule has 0 aliphatic carbocycles. The van der Waals surface area contributed by atoms with E-state index in [1.54, 1.807) is 22.3 Å². The minimum atomic E-state index is 0.226. The smallest absolute Gasteiger partial charge is 0.0888 e. The Morgan fingerprint density at radius 3 is 1.00 bits per heavy atom. The van der Waals surface area contributed by atoms with Crippen molar-refractivity contribution in [2.45, 2.75) is 48.6 Å². The van der Waals surface area contributed by atoms with Crippen molar-refractivity contribution in [3.63, 3.8) is 0 Å². The van der Waals surface area contributed by atoms with Gasteiger partial charge in [0, 0.05) is 47.8 Å². The van der Waals surface area contributed by atoms with Crippen molar-refractivity contribution in [2.24, 2.45) is 23.7 Å². The van der Waals surface area contributed by atoms with Gasteiger partial charge in [0.1, 0.15) is 0 Å². The Bertz CT molecular complexity index is 1330. The van der Waals surface area contributed by atoms with Crippen LogP contribution < -0.4 is 0 Å². The molecule has 8 heterocycles. The molecule has 4 heteroatoms. The monoisotopic (exact) mass is 472 g/mol. The quantitative estimate of drug-likeness (QED) is 0.408. The molecular formula is C32H28N2O2. The number of benzene rings is 3. The molecule has 36 heavy (non-hydrogen) atoms. The number of fused-ring (bicyclic) bond motifs is 30. The van der Waals surface area contributed by atoms with Crippen molar-refractivity contribution < 1.29 is 9.47 Å². The molecule has 0 spiro atoms. The number of rotatable bonds is 0. The van der Waals surface area contributed by atoms with Crippen molar-refractivity contribution in [3.8, 4) is 0 Å². The summed E-state index contributed by atoms with van der Waals surface area (Å²) in [7, 11) is 4.69. The van der Waals surface area contributed by atoms with E-state index in [9.17, 15) is 0 Å². The molecule has 11 rings (SSSR count). The first-order chi connectivity index (χ1) is 17.7. The van der Waals surface area contributed by atoms with Crippen LogP contribution in [-0.2, 0) is 9.47 Å². The molecule has 0 radical (unpaired) electrons. The van der Waals surface area contributed by atoms with E-state index >= 15 is 0 Å². The SMILES string of the molecule is CN1[C@@H]2c3ccccc3[C@@H]1[C@H]1[C@@H]2[C@@H]2O[C@@H]1c1cc3c(cc12)[C@@H]1O[C@@H]3[C@@H]2[C@H]1[C@@H]1c3ccccc3[C@@H]2N1C. The minimum absolute atomic E-state index is 0.226. The Hall–Kier alpha value is -2.50. The number of hydrogen-bond donors (Lipinski definition) is 0. The minimum Gasteiger partial charge on any atom is -0.365 e. The van der Waals surface area contributed by atoms with Gasteiger partial charge >= 0.3 is 0 Å². The van der Waals surface area contributed by atoms with Crippen LogP contribution in [0, 0.1) is 23.7 Å². The van der Waals surface area contributed by atoms with Crippen LogP contribution in [0.2, 0.25) is 0 Å². The second-order valence-corrected chi connectivity index (χ2v) is 12.7. The van der Waals surface area contributed by atoms with Gasteiger partial charge in [0.2, 0.25) is 0 Å². The molecule has 0 aromatic heterocycles. The van der Waals surface area contributed by atoms with Crippen LogP contribution in [0.15, 0.2) is 60.7 Å². The average Bonchev–Trinajstić information content (AvgIpc) is 3.75. The van der Waals surface area contributed by atoms with Crippen molar-refractivity contribution in [2.75, 3.05) is 14.1 Å². The van der Waals surface area contributed by atoms with Gasteiger partial charge in [0.05, 0.1) is 24.4 Å². The van der Waals surface area contributed by atoms with Crippen molar-refractivity contribution in [1.82, 2.24) is 9.80 Å². The lowest BCUT2D eigenvalue weighted by atomic mass is 9.64. The zero-order valence-corrected chi connectivity index (χ0v) is 20.4. The lowest BCUT2D eigenvalue weighted by Crippen LogP contribution is -2.29. The van der Waals surface area contributed by atoms with Gasteiger partial charge < -0.3 is 9.47 Å². The van der Waals surface area contributed by atoms with E-state index in [1.807, 2.05) is 0 Å². The van der Waals surface area contributed by atoms with Crippen LogP contribution in [0.25, 0.3) is 0 Å². The molecule has 8 aliphatic heterocycles. The first kappa shape index (κ1) is 18.7. The summed E-state index contributed by atoms with van der Waals surface area (Å²) in [4.78, 5) is 5.31. The largest absolute Gasteiger partial charge is 0.365 e. The standard InChI is InChI=1S/C32H28N2O2/c1-33-25-13-7-3-4-8-14(13)26(33)22-21(25)29-17-11-19-20(12-18(17)30(22)35-29)32-24-23(31(19)36-32)27-15-9-5-6-10-16(15)28(24)34(27)2/h3-12,21-32H,1-2H3/t21-,22+,23-,24+,25-,26-,27+,28+,29-,30-,31+,32+. The van der Waals surface area contributed by atoms with Crippen LogP contribution in [0.4, 0.5) is 0 Å². The molecule has 0 saturated carbocycles. The van der Waals surface area contributed by atoms with E-state index in [2.05, 4.69) is 84.6 Å². The van der Waals surface area contributed by atoms with Crippen molar-refractivity contribution >= 4 is 0 Å². The maximum absolute atomic E-state index is 6.88. The third-order valence-corrected chi connectivity index (χ3v) is 11.9. The Balaban J connectivity index is 1.05. The van der Waals surface area contributed by atoms with Gasteiger partial charge in [-0.15, -0.1) is 0 Å². The zero-order chi connectivity index (χ0) is 23.2. The molecular weight excluding hydrogens is 444 g/mol. The second kappa shape index (κ2) is 5.66. The fourth-order valence-corrected chi connectivity index (χ4v) is 11.0. The lowest BCUT2D eigenvalue weighted by Gasteiger charge is -2.35. The first-order valence-corrected chi connectivity index (χ1v) is 13.8. The summed E-state index contributed by atoms with van der Waals surface area (Å²) in [6.45, 7) is 0. The van der Waals surface area contributed by atoms with Gasteiger partial charge in [-0.25, -0.2) is 0 Å². The molecule has 0 N–H and O–H groups in total. The van der Waals surface area contributed by atoms with E-state index in [4.69, 9.17) is 9.47 Å². The number of ether oxygens (including phenoxy) is 2. The summed E-state index contributed by atoms with van der Waals surface area (Å²) in [5.74, 6) is 2.27. The van der Waals surface area contributed by atoms with Crippen LogP contribution in [0.5, 0.6) is 0 Å². The molecule has 4 nitrogen and oxygen atoms in total. The fraction of sp³-hybridized carbons (Fsp3) is 0.438. The highest BCUT2D eigenvalue weighted by Gasteiger charge is 2.69. The summed E-state index contributed by atoms with van der Waals surface area (Å²) < 4.78 is 13.8. The number of hydrogen-bond acceptors (Lipinski definition) is 4. The van der Waals surface area contributed by atoms with Gasteiger partial charge in [-0.2, -0.15) is 0 Å². The van der Waals surface area contributed by atoms with Gasteiger partial charge in [0.25, 0.3) is 0 Å². The Kier molecular flexibility index (Phi) is 2.94. The van der Waals surface area contributed by atoms with Gasteiger partial charge in [0.15, 0.2) is 0 Å². The predicted octanol–water partition coefficient (Wildman–Crippen LogP) is 5.89. The van der Waals surface area contributed by atoms with Gasteiger partial charge in [-0.1, -0.05) is 48.5 Å². The molecule has 12 atom stereocenters. The first-order valence-electron chi connectivity index (χ1n) is 13.8. The Labute approximate surface area is 210 Å². The Morgan fingerprint density at radius 1 is 0.444 bits per heavy atom. The maximum atomic E-state index is 6.88. The second-order valence-electron chi connectivity index (χ2n) is 12.7. The summed E-state index contributed by atoms with van der Waals surface area (Å²) in [5, 5.41) is 0. The van der Waals surface area contributed by atoms with E-state index < -0.39 is 0 Å². The molecule has 3 aromatic rings. The molecule has 4 saturated heterocycles. The van der Waals surface area contributed by atoms with Crippen LogP contribution in [-0.4, -0.2) is 23.9 Å². The molecule has 0 unspecified atom stereocenters. The number of nitrogens with zero attached hydrogens (tertiary/aromatic N) is 2. The summed E-state index contributed by atoms with van der Waals surface area (Å²) in [5.41, 5.74) is 12.1. The molecule has 3 aromatic carbocycles. The molecule has 178 valence electrons. The third kappa shape index (κ3) is 1.69. The zero-order valence-electron chi connectivity index (χ0n) is 20.4. The highest BCUT2D eigenvalue weighted by atomic mass is 16.5. The summed E-state index contributed by atoms with van der Waals surface area (Å²) >= 11 is 0. The normalized spacial score (nSPS) is 46.7. The average molecular weight is 473 g/mol. The fourth-order valence-electron chi connectivity index (χ4n) is 11.0. The molecule has 8 aliphatic rings. The summed E-state index contributed by atoms with van der Waals surface area (Å²) in [6, 6.07) is 25.3. The third-order valence-electron chi connectivity index (χ3n) is 11.9. The van der Waals surface area contributed by atoms with Crippen LogP contribution in [0.3, 0.4) is 0 Å². The van der Waals surface area contributed by atoms with Gasteiger partial charge in [-0.3, -0.25) is 9.80 Å². The van der Waals surface area contributed by atoms with E-state index in [0.717, 1.165) is 0 Å². The van der Waals surface area contributed by atoms with Crippen LogP contribution in [0.1, 0.15) is 93.1 Å². The van der Waals surface area contributed by atoms with Gasteiger partial charge in [-0.05, 0) is 70.7 Å². The highest BCUT2D eigenvalue weighted by Crippen LogP contribution is 2.76. The highest BCUT2D eigenvalue weighted by molar-refractivity contribution is 5.56. The van der Waals surface area contributed by atoms with Crippen LogP contribution >= 0.6 is 0 Å². The van der Waals surface area contributed by atoms with E-state index in [-0.39, 0.29) is 24.4 Å². The topological polar surface area (TPSA) is 24.9 Å². The van der Waals surface area contributed by atoms with E-state index in [1.165, 1.54) is 22.3 Å². The molecule has 4 fully saturated rings. The Morgan fingerprint density at radius 2 is 0.722 bits per heavy atom. The van der Waals surface area contributed by atoms with Crippen molar-refractivity contribution in [1.29, 1.82) is 0 Å². The van der Waals surface area contributed by atoms with E-state index in [0.29, 0.717) is 47.8 Å². The molecule has 0 amide bonds.